The molecule has 16 heavy (non-hydrogen) atoms. The lowest BCUT2D eigenvalue weighted by Gasteiger charge is -2.04. The molecule has 0 spiro atoms. The summed E-state index contributed by atoms with van der Waals surface area (Å²) in [6.07, 6.45) is 1.10. The molecule has 0 aromatic rings. The van der Waals surface area contributed by atoms with Crippen molar-refractivity contribution in [3.8, 4) is 0 Å². The molecule has 0 aliphatic heterocycles. The van der Waals surface area contributed by atoms with Crippen LogP contribution in [0.2, 0.25) is 0 Å². The van der Waals surface area contributed by atoms with Crippen LogP contribution in [0.15, 0.2) is 0 Å². The molecule has 6 nitrogen and oxygen atoms in total. The number of hydrogen-bond donors (Lipinski definition) is 3. The van der Waals surface area contributed by atoms with E-state index in [9.17, 15) is 14.4 Å². The van der Waals surface area contributed by atoms with E-state index >= 15 is 0 Å². The number of primary amides is 1. The topological polar surface area (TPSA) is 101 Å². The Morgan fingerprint density at radius 1 is 1.31 bits per heavy atom. The molecule has 0 bridgehead atoms. The summed E-state index contributed by atoms with van der Waals surface area (Å²) in [5.74, 6) is -0.278. The van der Waals surface area contributed by atoms with Crippen molar-refractivity contribution in [3.05, 3.63) is 0 Å². The SMILES string of the molecule is CC1CC1C(=O)NCCC(=O)NCC(N)=O. The maximum absolute atomic E-state index is 11.3. The van der Waals surface area contributed by atoms with Gasteiger partial charge in [-0.1, -0.05) is 6.92 Å². The van der Waals surface area contributed by atoms with Gasteiger partial charge in [-0.25, -0.2) is 0 Å². The zero-order valence-corrected chi connectivity index (χ0v) is 9.29. The smallest absolute Gasteiger partial charge is 0.236 e. The highest BCUT2D eigenvalue weighted by Gasteiger charge is 2.38. The molecule has 0 saturated heterocycles. The summed E-state index contributed by atoms with van der Waals surface area (Å²) in [4.78, 5) is 32.8. The standard InChI is InChI=1S/C10H17N3O3/c1-6-4-7(6)10(16)12-3-2-9(15)13-5-8(11)14/h6-7H,2-5H2,1H3,(H2,11,14)(H,12,16)(H,13,15). The quantitative estimate of drug-likeness (QED) is 0.528. The Morgan fingerprint density at radius 3 is 2.44 bits per heavy atom. The largest absolute Gasteiger partial charge is 0.368 e. The van der Waals surface area contributed by atoms with E-state index in [0.29, 0.717) is 12.5 Å². The van der Waals surface area contributed by atoms with Crippen LogP contribution in [0.5, 0.6) is 0 Å². The van der Waals surface area contributed by atoms with Gasteiger partial charge in [-0.05, 0) is 12.3 Å². The summed E-state index contributed by atoms with van der Waals surface area (Å²) in [5.41, 5.74) is 4.86. The van der Waals surface area contributed by atoms with Gasteiger partial charge in [-0.3, -0.25) is 14.4 Å². The minimum Gasteiger partial charge on any atom is -0.368 e. The normalized spacial score (nSPS) is 22.3. The van der Waals surface area contributed by atoms with Crippen LogP contribution in [-0.2, 0) is 14.4 Å². The number of hydrogen-bond acceptors (Lipinski definition) is 3. The van der Waals surface area contributed by atoms with E-state index < -0.39 is 5.91 Å². The van der Waals surface area contributed by atoms with E-state index in [0.717, 1.165) is 6.42 Å². The lowest BCUT2D eigenvalue weighted by atomic mass is 10.3. The van der Waals surface area contributed by atoms with Gasteiger partial charge in [0.25, 0.3) is 0 Å². The summed E-state index contributed by atoms with van der Waals surface area (Å²) in [5, 5.41) is 5.02. The number of nitrogens with one attached hydrogen (secondary N) is 2. The fourth-order valence-electron chi connectivity index (χ4n) is 1.39. The summed E-state index contributed by atoms with van der Waals surface area (Å²) < 4.78 is 0. The van der Waals surface area contributed by atoms with Gasteiger partial charge >= 0.3 is 0 Å². The van der Waals surface area contributed by atoms with Crippen molar-refractivity contribution in [2.24, 2.45) is 17.6 Å². The number of amides is 3. The highest BCUT2D eigenvalue weighted by Crippen LogP contribution is 2.37. The zero-order chi connectivity index (χ0) is 12.1. The first kappa shape index (κ1) is 12.5. The zero-order valence-electron chi connectivity index (χ0n) is 9.29. The Hall–Kier alpha value is -1.59. The van der Waals surface area contributed by atoms with Crippen LogP contribution in [0.1, 0.15) is 19.8 Å². The third-order valence-corrected chi connectivity index (χ3v) is 2.56. The Morgan fingerprint density at radius 2 is 1.94 bits per heavy atom. The van der Waals surface area contributed by atoms with Gasteiger partial charge in [-0.2, -0.15) is 0 Å². The molecule has 0 heterocycles. The number of rotatable bonds is 6. The van der Waals surface area contributed by atoms with Crippen molar-refractivity contribution in [1.82, 2.24) is 10.6 Å². The third-order valence-electron chi connectivity index (χ3n) is 2.56. The van der Waals surface area contributed by atoms with E-state index in [4.69, 9.17) is 5.73 Å². The van der Waals surface area contributed by atoms with Crippen molar-refractivity contribution in [3.63, 3.8) is 0 Å². The molecule has 0 aromatic heterocycles. The van der Waals surface area contributed by atoms with Crippen molar-refractivity contribution in [1.29, 1.82) is 0 Å². The summed E-state index contributed by atoms with van der Waals surface area (Å²) in [7, 11) is 0. The lowest BCUT2D eigenvalue weighted by molar-refractivity contribution is -0.125. The van der Waals surface area contributed by atoms with Gasteiger partial charge in [0.2, 0.25) is 17.7 Å². The molecular formula is C10H17N3O3. The van der Waals surface area contributed by atoms with E-state index in [-0.39, 0.29) is 30.7 Å². The van der Waals surface area contributed by atoms with Gasteiger partial charge in [0, 0.05) is 18.9 Å². The number of nitrogens with two attached hydrogens (primary N) is 1. The predicted molar refractivity (Wildman–Crippen MR) is 57.1 cm³/mol. The van der Waals surface area contributed by atoms with E-state index in [1.165, 1.54) is 0 Å². The van der Waals surface area contributed by atoms with Crippen molar-refractivity contribution in [2.75, 3.05) is 13.1 Å². The second-order valence-corrected chi connectivity index (χ2v) is 4.10. The van der Waals surface area contributed by atoms with E-state index in [2.05, 4.69) is 10.6 Å². The summed E-state index contributed by atoms with van der Waals surface area (Å²) in [6.45, 7) is 2.16. The first-order chi connectivity index (χ1) is 7.50. The summed E-state index contributed by atoms with van der Waals surface area (Å²) >= 11 is 0. The van der Waals surface area contributed by atoms with Gasteiger partial charge in [-0.15, -0.1) is 0 Å². The average molecular weight is 227 g/mol. The molecule has 1 aliphatic carbocycles. The van der Waals surface area contributed by atoms with Gasteiger partial charge in [0.05, 0.1) is 6.54 Å². The van der Waals surface area contributed by atoms with Crippen molar-refractivity contribution < 1.29 is 14.4 Å². The molecule has 2 atom stereocenters. The molecule has 0 aromatic carbocycles. The Balaban J connectivity index is 2.04. The van der Waals surface area contributed by atoms with Crippen LogP contribution in [-0.4, -0.2) is 30.8 Å². The fraction of sp³-hybridized carbons (Fsp3) is 0.700. The minimum atomic E-state index is -0.579. The Kier molecular flexibility index (Phi) is 4.28. The molecule has 90 valence electrons. The lowest BCUT2D eigenvalue weighted by Crippen LogP contribution is -2.36. The fourth-order valence-corrected chi connectivity index (χ4v) is 1.39. The predicted octanol–water partition coefficient (Wildman–Crippen LogP) is -1.25. The first-order valence-electron chi connectivity index (χ1n) is 5.33. The Labute approximate surface area is 93.9 Å². The second kappa shape index (κ2) is 5.48. The maximum Gasteiger partial charge on any atom is 0.236 e. The van der Waals surface area contributed by atoms with Crippen LogP contribution in [0.4, 0.5) is 0 Å². The van der Waals surface area contributed by atoms with Gasteiger partial charge in [0.1, 0.15) is 0 Å². The van der Waals surface area contributed by atoms with Crippen LogP contribution in [0.3, 0.4) is 0 Å². The molecule has 1 aliphatic rings. The Bertz CT molecular complexity index is 304. The third kappa shape index (κ3) is 4.29. The first-order valence-corrected chi connectivity index (χ1v) is 5.33. The summed E-state index contributed by atoms with van der Waals surface area (Å²) in [6, 6.07) is 0. The van der Waals surface area contributed by atoms with Crippen LogP contribution in [0.25, 0.3) is 0 Å². The van der Waals surface area contributed by atoms with Crippen molar-refractivity contribution >= 4 is 17.7 Å². The van der Waals surface area contributed by atoms with E-state index in [1.807, 2.05) is 6.92 Å². The molecule has 2 unspecified atom stereocenters. The minimum absolute atomic E-state index is 0.00945. The van der Waals surface area contributed by atoms with E-state index in [1.54, 1.807) is 0 Å². The molecular weight excluding hydrogens is 210 g/mol. The average Bonchev–Trinajstić information content (AvgIpc) is 2.92. The molecule has 1 saturated carbocycles. The molecule has 1 rings (SSSR count). The monoisotopic (exact) mass is 227 g/mol. The van der Waals surface area contributed by atoms with Crippen molar-refractivity contribution in [2.45, 2.75) is 19.8 Å². The molecule has 0 radical (unpaired) electrons. The van der Waals surface area contributed by atoms with Crippen LogP contribution in [0, 0.1) is 11.8 Å². The highest BCUT2D eigenvalue weighted by molar-refractivity contribution is 5.84. The molecule has 6 heteroatoms. The number of carbonyl (C=O) groups is 3. The molecule has 1 fully saturated rings. The highest BCUT2D eigenvalue weighted by atomic mass is 16.2. The second-order valence-electron chi connectivity index (χ2n) is 4.10. The van der Waals surface area contributed by atoms with Crippen LogP contribution < -0.4 is 16.4 Å². The molecule has 4 N–H and O–H groups in total. The maximum atomic E-state index is 11.3. The van der Waals surface area contributed by atoms with Gasteiger partial charge in [0.15, 0.2) is 0 Å². The van der Waals surface area contributed by atoms with Gasteiger partial charge < -0.3 is 16.4 Å². The number of carbonyl (C=O) groups excluding carboxylic acids is 3. The molecule has 3 amide bonds. The van der Waals surface area contributed by atoms with Crippen LogP contribution >= 0.6 is 0 Å².